The standard InChI is InChI=1S/C28H31Cl2N5O4S.C28H33N5O4S.C26H28ClN5O4S.3H2/c1-15(25(37)33-21(14-36)16-5-4-6-17(29)11-16)35-26(38)19-12-22(40-24(19)28(35,2)3)23-20(30)13-31-27(34-23)32-18-7-9-39-10-8-18;1-17-4-3-5-19(12-17)22(16-34)31-25(35)15-33-9-6-23-21(27(33)36)13-24(38-23)26-18(2)14-29-28(32-26)30-20-7-10-37-11-8-20;27-17-3-1-2-16(12-17)21(15-33)30-24(34)14-32-9-5-22-19(25(32)35)13-23(37-22)20-4-8-28-26(31-20)29-18-6-10-36-11-7-18;;;/h4-6,11-13,15,18,21,36H,7-10,14H2,1-3H3,(H,33,37)(H,31,32,34);3-5,12-14,20,22,34H,6-11,15-16H2,1-2H3,(H,31,35)(H,29,30,32);1-4,8,12-13,18,21,33H,5-7,9-11,14-15H2,(H,30,34)(H,28,29,31);3*1H/t15?,21-;22-;21-;;;/m111.../s1. The number of hydrogen-bond acceptors (Lipinski definition) is 24. The van der Waals surface area contributed by atoms with E-state index in [1.807, 2.05) is 76.4 Å². The monoisotopic (exact) mass is 1690 g/mol. The second kappa shape index (κ2) is 38.3. The average molecular weight is 1690 g/mol. The topological polar surface area (TPSA) is 350 Å². The number of aliphatic hydroxyl groups excluding tert-OH is 3. The van der Waals surface area contributed by atoms with E-state index in [-0.39, 0.29) is 90.8 Å². The lowest BCUT2D eigenvalue weighted by Gasteiger charge is -2.37. The largest absolute Gasteiger partial charge is 0.394 e. The van der Waals surface area contributed by atoms with Crippen molar-refractivity contribution in [3.8, 4) is 31.7 Å². The van der Waals surface area contributed by atoms with Gasteiger partial charge < -0.3 is 76.1 Å². The quantitative estimate of drug-likeness (QED) is 0.0271. The molecule has 9 aromatic rings. The minimum absolute atomic E-state index is 0. The van der Waals surface area contributed by atoms with E-state index in [9.17, 15) is 44.1 Å². The molecule has 4 atom stereocenters. The number of carbonyl (C=O) groups excluding carboxylic acids is 6. The molecule has 3 fully saturated rings. The average Bonchev–Trinajstić information content (AvgIpc) is 1.57. The highest BCUT2D eigenvalue weighted by molar-refractivity contribution is 7.16. The number of fused-ring (bicyclic) bond motifs is 3. The van der Waals surface area contributed by atoms with Crippen LogP contribution in [0.3, 0.4) is 0 Å². The van der Waals surface area contributed by atoms with Crippen LogP contribution < -0.4 is 31.9 Å². The van der Waals surface area contributed by atoms with Crippen LogP contribution in [0.4, 0.5) is 17.8 Å². The Morgan fingerprint density at radius 1 is 0.548 bits per heavy atom. The molecular formula is C82H98Cl3N15O12S3. The van der Waals surface area contributed by atoms with E-state index in [0.29, 0.717) is 106 Å². The van der Waals surface area contributed by atoms with Gasteiger partial charge in [0.15, 0.2) is 0 Å². The Kier molecular flexibility index (Phi) is 27.9. The summed E-state index contributed by atoms with van der Waals surface area (Å²) < 4.78 is 16.3. The molecule has 3 saturated heterocycles. The van der Waals surface area contributed by atoms with Crippen LogP contribution >= 0.6 is 68.8 Å². The number of anilines is 3. The first kappa shape index (κ1) is 83.8. The van der Waals surface area contributed by atoms with Crippen LogP contribution in [0.1, 0.15) is 155 Å². The van der Waals surface area contributed by atoms with Gasteiger partial charge in [-0.1, -0.05) is 88.9 Å². The molecule has 15 rings (SSSR count). The Morgan fingerprint density at radius 3 is 1.50 bits per heavy atom. The summed E-state index contributed by atoms with van der Waals surface area (Å²) in [5, 5.41) is 49.7. The van der Waals surface area contributed by atoms with Crippen molar-refractivity contribution in [2.75, 3.05) is 102 Å². The summed E-state index contributed by atoms with van der Waals surface area (Å²) in [6, 6.07) is 27.2. The smallest absolute Gasteiger partial charge is 0.256 e. The fourth-order valence-electron chi connectivity index (χ4n) is 14.7. The number of carbonyl (C=O) groups is 6. The molecule has 6 aromatic heterocycles. The third-order valence-electron chi connectivity index (χ3n) is 20.9. The molecule has 0 saturated carbocycles. The van der Waals surface area contributed by atoms with Crippen molar-refractivity contribution < 1.29 is 62.6 Å². The van der Waals surface area contributed by atoms with E-state index in [1.165, 1.54) is 11.3 Å². The molecule has 3 aromatic carbocycles. The van der Waals surface area contributed by atoms with Gasteiger partial charge in [0.1, 0.15) is 11.7 Å². The van der Waals surface area contributed by atoms with Crippen LogP contribution in [0.5, 0.6) is 0 Å². The maximum absolute atomic E-state index is 13.7. The number of nitrogens with zero attached hydrogens (tertiary/aromatic N) is 9. The number of aromatic nitrogens is 6. The maximum atomic E-state index is 13.7. The number of benzene rings is 3. The van der Waals surface area contributed by atoms with Gasteiger partial charge in [-0.3, -0.25) is 28.8 Å². The number of aliphatic hydroxyl groups is 3. The first-order valence-electron chi connectivity index (χ1n) is 38.3. The van der Waals surface area contributed by atoms with E-state index in [2.05, 4.69) is 56.8 Å². The fraction of sp³-hybridized carbons (Fsp3) is 0.415. The molecule has 0 spiro atoms. The maximum Gasteiger partial charge on any atom is 0.256 e. The van der Waals surface area contributed by atoms with Crippen molar-refractivity contribution in [1.29, 1.82) is 0 Å². The molecule has 33 heteroatoms. The van der Waals surface area contributed by atoms with Crippen molar-refractivity contribution in [3.63, 3.8) is 0 Å². The van der Waals surface area contributed by atoms with Gasteiger partial charge in [-0.15, -0.1) is 34.0 Å². The minimum Gasteiger partial charge on any atom is -0.394 e. The third-order valence-corrected chi connectivity index (χ3v) is 25.5. The number of thiophene rings is 3. The second-order valence-corrected chi connectivity index (χ2v) is 34.1. The summed E-state index contributed by atoms with van der Waals surface area (Å²) in [5.74, 6) is 0.0237. The summed E-state index contributed by atoms with van der Waals surface area (Å²) in [5.41, 5.74) is 7.31. The molecule has 6 aliphatic heterocycles. The fourth-order valence-corrected chi connectivity index (χ4v) is 18.9. The van der Waals surface area contributed by atoms with E-state index >= 15 is 0 Å². The van der Waals surface area contributed by atoms with Gasteiger partial charge in [0.2, 0.25) is 35.6 Å². The van der Waals surface area contributed by atoms with Crippen LogP contribution in [0.2, 0.25) is 15.1 Å². The lowest BCUT2D eigenvalue weighted by Crippen LogP contribution is -2.52. The molecule has 0 bridgehead atoms. The highest BCUT2D eigenvalue weighted by Crippen LogP contribution is 2.48. The van der Waals surface area contributed by atoms with Crippen LogP contribution in [0.15, 0.2) is 116 Å². The van der Waals surface area contributed by atoms with Gasteiger partial charge in [0.05, 0.1) is 111 Å². The summed E-state index contributed by atoms with van der Waals surface area (Å²) in [6.07, 6.45) is 11.9. The van der Waals surface area contributed by atoms with Gasteiger partial charge in [-0.25, -0.2) is 29.9 Å². The zero-order valence-electron chi connectivity index (χ0n) is 64.3. The van der Waals surface area contributed by atoms with E-state index < -0.39 is 29.7 Å². The van der Waals surface area contributed by atoms with Gasteiger partial charge in [0.25, 0.3) is 17.7 Å². The Balaban J connectivity index is 0.000000184. The highest BCUT2D eigenvalue weighted by Gasteiger charge is 2.49. The summed E-state index contributed by atoms with van der Waals surface area (Å²) in [4.78, 5) is 116. The van der Waals surface area contributed by atoms with Gasteiger partial charge in [-0.05, 0) is 144 Å². The molecular weight excluding hydrogens is 1590 g/mol. The van der Waals surface area contributed by atoms with Crippen LogP contribution in [0, 0.1) is 13.8 Å². The molecule has 115 heavy (non-hydrogen) atoms. The molecule has 0 radical (unpaired) electrons. The van der Waals surface area contributed by atoms with E-state index in [4.69, 9.17) is 54.0 Å². The number of amides is 6. The van der Waals surface area contributed by atoms with Gasteiger partial charge in [0, 0.05) is 125 Å². The van der Waals surface area contributed by atoms with Crippen molar-refractivity contribution in [2.45, 2.75) is 134 Å². The molecule has 12 heterocycles. The first-order chi connectivity index (χ1) is 55.5. The van der Waals surface area contributed by atoms with Crippen molar-refractivity contribution in [1.82, 2.24) is 60.6 Å². The Bertz CT molecular complexity index is 5010. The zero-order valence-corrected chi connectivity index (χ0v) is 69.0. The normalized spacial score (nSPS) is 17.3. The number of rotatable bonds is 24. The van der Waals surface area contributed by atoms with Crippen molar-refractivity contribution in [3.05, 3.63) is 190 Å². The first-order valence-corrected chi connectivity index (χ1v) is 41.9. The Morgan fingerprint density at radius 2 is 1.00 bits per heavy atom. The Labute approximate surface area is 697 Å². The molecule has 6 amide bonds. The van der Waals surface area contributed by atoms with Crippen LogP contribution in [0.25, 0.3) is 31.7 Å². The van der Waals surface area contributed by atoms with Crippen molar-refractivity contribution >= 4 is 122 Å². The summed E-state index contributed by atoms with van der Waals surface area (Å²) >= 11 is 23.2. The molecule has 9 N–H and O–H groups in total. The lowest BCUT2D eigenvalue weighted by molar-refractivity contribution is -0.127. The van der Waals surface area contributed by atoms with E-state index in [0.717, 1.165) is 122 Å². The molecule has 27 nitrogen and oxygen atoms in total. The molecule has 6 aliphatic rings. The second-order valence-electron chi connectivity index (χ2n) is 29.5. The van der Waals surface area contributed by atoms with Crippen LogP contribution in [-0.2, 0) is 47.0 Å². The number of nitrogens with one attached hydrogen (secondary N) is 6. The van der Waals surface area contributed by atoms with Crippen molar-refractivity contribution in [2.24, 2.45) is 0 Å². The number of ether oxygens (including phenoxy) is 3. The van der Waals surface area contributed by atoms with Gasteiger partial charge in [-0.2, -0.15) is 0 Å². The third kappa shape index (κ3) is 20.5. The zero-order chi connectivity index (χ0) is 81.0. The number of aryl methyl sites for hydroxylation is 2. The van der Waals surface area contributed by atoms with E-state index in [1.54, 1.807) is 111 Å². The number of hydrogen-bond donors (Lipinski definition) is 9. The van der Waals surface area contributed by atoms with Crippen LogP contribution in [-0.4, -0.2) is 205 Å². The lowest BCUT2D eigenvalue weighted by atomic mass is 10.0. The Hall–Kier alpha value is -9.15. The summed E-state index contributed by atoms with van der Waals surface area (Å²) in [6.45, 7) is 13.7. The SMILES string of the molecule is CC(C(=O)N[C@H](CO)c1cccc(Cl)c1)N1C(=O)c2cc(-c3nc(NC4CCOCC4)ncc3Cl)sc2C1(C)C.Cc1cccc([C@@H](CO)NC(=O)CN2CCc3sc(-c4nc(NC5CCOCC5)ncc4C)cc3C2=O)c1.O=C(CN1CCc2sc(-c3ccnc(NC4CCOCC4)n3)cc2C1=O)N[C@H](CO)c1cccc(Cl)c1.[HH].[HH].[HH]. The predicted octanol–water partition coefficient (Wildman–Crippen LogP) is 12.3. The predicted molar refractivity (Wildman–Crippen MR) is 450 cm³/mol. The minimum atomic E-state index is -0.795. The number of halogens is 3. The van der Waals surface area contributed by atoms with Gasteiger partial charge >= 0.3 is 0 Å². The molecule has 1 unspecified atom stereocenters. The summed E-state index contributed by atoms with van der Waals surface area (Å²) in [7, 11) is 0. The molecule has 612 valence electrons. The highest BCUT2D eigenvalue weighted by atomic mass is 35.5. The molecule has 0 aliphatic carbocycles.